The molecule has 1 saturated carbocycles. The number of rotatable bonds is 2. The molecule has 0 radical (unpaired) electrons. The van der Waals surface area contributed by atoms with Gasteiger partial charge in [-0.2, -0.15) is 0 Å². The fourth-order valence-electron chi connectivity index (χ4n) is 2.23. The highest BCUT2D eigenvalue weighted by atomic mass is 16.6. The van der Waals surface area contributed by atoms with Gasteiger partial charge in [-0.15, -0.1) is 0 Å². The number of hydrogen-bond acceptors (Lipinski definition) is 3. The van der Waals surface area contributed by atoms with Crippen LogP contribution in [0.4, 0.5) is 4.79 Å². The summed E-state index contributed by atoms with van der Waals surface area (Å²) in [6, 6.07) is 0. The van der Waals surface area contributed by atoms with E-state index in [0.717, 1.165) is 19.6 Å². The Morgan fingerprint density at radius 2 is 2.06 bits per heavy atom. The van der Waals surface area contributed by atoms with Gasteiger partial charge in [-0.25, -0.2) is 4.79 Å². The van der Waals surface area contributed by atoms with E-state index < -0.39 is 0 Å². The average molecular weight is 226 g/mol. The largest absolute Gasteiger partial charge is 0.449 e. The highest BCUT2D eigenvalue weighted by Gasteiger charge is 2.50. The molecule has 2 fully saturated rings. The molecule has 1 aliphatic heterocycles. The highest BCUT2D eigenvalue weighted by Crippen LogP contribution is 2.43. The Bertz CT molecular complexity index is 274. The number of carbonyl (C=O) groups is 1. The zero-order valence-corrected chi connectivity index (χ0v) is 10.5. The number of ether oxygens (including phenoxy) is 1. The normalized spacial score (nSPS) is 23.9. The van der Waals surface area contributed by atoms with E-state index in [1.165, 1.54) is 12.8 Å². The second-order valence-electron chi connectivity index (χ2n) is 5.54. The van der Waals surface area contributed by atoms with Crippen LogP contribution in [0.3, 0.4) is 0 Å². The van der Waals surface area contributed by atoms with Crippen molar-refractivity contribution in [3.63, 3.8) is 0 Å². The van der Waals surface area contributed by atoms with Gasteiger partial charge in [0.25, 0.3) is 0 Å². The maximum atomic E-state index is 11.8. The van der Waals surface area contributed by atoms with Crippen molar-refractivity contribution >= 4 is 6.09 Å². The first kappa shape index (κ1) is 11.7. The first-order valence-corrected chi connectivity index (χ1v) is 6.16. The Kier molecular flexibility index (Phi) is 3.10. The fraction of sp³-hybridized carbons (Fsp3) is 0.917. The Morgan fingerprint density at radius 3 is 2.62 bits per heavy atom. The maximum absolute atomic E-state index is 11.8. The van der Waals surface area contributed by atoms with Crippen LogP contribution < -0.4 is 0 Å². The zero-order chi connectivity index (χ0) is 11.8. The molecule has 92 valence electrons. The lowest BCUT2D eigenvalue weighted by atomic mass is 10.1. The molecule has 0 unspecified atom stereocenters. The minimum atomic E-state index is -0.131. The molecular weight excluding hydrogens is 204 g/mol. The summed E-state index contributed by atoms with van der Waals surface area (Å²) in [4.78, 5) is 16.1. The molecule has 1 amide bonds. The molecule has 0 aromatic heterocycles. The number of carbonyl (C=O) groups excluding carboxylic acids is 1. The third-order valence-corrected chi connectivity index (χ3v) is 3.63. The van der Waals surface area contributed by atoms with E-state index >= 15 is 0 Å². The number of hydrogen-bond donors (Lipinski definition) is 0. The van der Waals surface area contributed by atoms with Gasteiger partial charge in [0, 0.05) is 25.2 Å². The Hall–Kier alpha value is -0.770. The summed E-state index contributed by atoms with van der Waals surface area (Å²) < 4.78 is 5.27. The van der Waals surface area contributed by atoms with Crippen LogP contribution in [0.25, 0.3) is 0 Å². The first-order valence-electron chi connectivity index (χ1n) is 6.16. The number of likely N-dealkylation sites (N-methyl/N-ethyl adjacent to an activating group) is 1. The Balaban J connectivity index is 1.84. The second kappa shape index (κ2) is 4.24. The van der Waals surface area contributed by atoms with Gasteiger partial charge < -0.3 is 9.64 Å². The van der Waals surface area contributed by atoms with E-state index in [1.807, 2.05) is 4.90 Å². The average Bonchev–Trinajstić information content (AvgIpc) is 3.00. The van der Waals surface area contributed by atoms with Gasteiger partial charge in [0.2, 0.25) is 0 Å². The molecule has 4 nitrogen and oxygen atoms in total. The van der Waals surface area contributed by atoms with E-state index in [2.05, 4.69) is 25.8 Å². The van der Waals surface area contributed by atoms with Crippen LogP contribution in [0.5, 0.6) is 0 Å². The molecule has 4 heteroatoms. The van der Waals surface area contributed by atoms with Gasteiger partial charge in [0.1, 0.15) is 0 Å². The van der Waals surface area contributed by atoms with Gasteiger partial charge in [-0.1, -0.05) is 13.8 Å². The van der Waals surface area contributed by atoms with Crippen LogP contribution in [0.1, 0.15) is 26.7 Å². The molecule has 1 spiro atoms. The van der Waals surface area contributed by atoms with Crippen molar-refractivity contribution in [3.8, 4) is 0 Å². The maximum Gasteiger partial charge on any atom is 0.409 e. The van der Waals surface area contributed by atoms with Gasteiger partial charge in [-0.05, 0) is 25.8 Å². The molecule has 0 bridgehead atoms. The number of amides is 1. The third kappa shape index (κ3) is 2.32. The predicted octanol–water partition coefficient (Wildman–Crippen LogP) is 1.56. The molecule has 1 aliphatic carbocycles. The van der Waals surface area contributed by atoms with Crippen LogP contribution in [-0.4, -0.2) is 54.7 Å². The van der Waals surface area contributed by atoms with Crippen LogP contribution in [-0.2, 0) is 4.74 Å². The fourth-order valence-corrected chi connectivity index (χ4v) is 2.23. The second-order valence-corrected chi connectivity index (χ2v) is 5.54. The van der Waals surface area contributed by atoms with Crippen LogP contribution in [0.15, 0.2) is 0 Å². The van der Waals surface area contributed by atoms with Crippen molar-refractivity contribution in [2.24, 2.45) is 5.92 Å². The van der Waals surface area contributed by atoms with Crippen molar-refractivity contribution < 1.29 is 9.53 Å². The molecule has 1 saturated heterocycles. The Morgan fingerprint density at radius 1 is 1.38 bits per heavy atom. The summed E-state index contributed by atoms with van der Waals surface area (Å²) in [5.74, 6) is 0.409. The van der Waals surface area contributed by atoms with Crippen molar-refractivity contribution in [1.29, 1.82) is 0 Å². The zero-order valence-electron chi connectivity index (χ0n) is 10.5. The summed E-state index contributed by atoms with van der Waals surface area (Å²) in [5, 5.41) is 0. The summed E-state index contributed by atoms with van der Waals surface area (Å²) >= 11 is 0. The van der Waals surface area contributed by atoms with Crippen LogP contribution >= 0.6 is 0 Å². The van der Waals surface area contributed by atoms with Crippen molar-refractivity contribution in [2.75, 3.05) is 33.3 Å². The van der Waals surface area contributed by atoms with E-state index in [9.17, 15) is 4.79 Å². The quantitative estimate of drug-likeness (QED) is 0.716. The molecular formula is C12H22N2O2. The molecule has 1 heterocycles. The lowest BCUT2D eigenvalue weighted by molar-refractivity contribution is 0.0477. The first-order chi connectivity index (χ1) is 7.53. The minimum Gasteiger partial charge on any atom is -0.449 e. The van der Waals surface area contributed by atoms with E-state index in [1.54, 1.807) is 0 Å². The summed E-state index contributed by atoms with van der Waals surface area (Å²) in [6.07, 6.45) is 2.31. The van der Waals surface area contributed by atoms with Crippen LogP contribution in [0, 0.1) is 5.92 Å². The molecule has 2 rings (SSSR count). The molecule has 2 aliphatic rings. The topological polar surface area (TPSA) is 32.8 Å². The van der Waals surface area contributed by atoms with Crippen LogP contribution in [0.2, 0.25) is 0 Å². The van der Waals surface area contributed by atoms with Crippen molar-refractivity contribution in [2.45, 2.75) is 32.2 Å². The molecule has 0 N–H and O–H groups in total. The molecule has 0 atom stereocenters. The van der Waals surface area contributed by atoms with Gasteiger partial charge in [0.05, 0.1) is 6.61 Å². The molecule has 16 heavy (non-hydrogen) atoms. The minimum absolute atomic E-state index is 0.131. The summed E-state index contributed by atoms with van der Waals surface area (Å²) in [6.45, 7) is 7.25. The number of piperazine rings is 1. The van der Waals surface area contributed by atoms with Gasteiger partial charge >= 0.3 is 6.09 Å². The predicted molar refractivity (Wildman–Crippen MR) is 62.4 cm³/mol. The molecule has 0 aromatic rings. The monoisotopic (exact) mass is 226 g/mol. The van der Waals surface area contributed by atoms with Crippen molar-refractivity contribution in [3.05, 3.63) is 0 Å². The summed E-state index contributed by atoms with van der Waals surface area (Å²) in [5.41, 5.74) is 0.287. The summed E-state index contributed by atoms with van der Waals surface area (Å²) in [7, 11) is 2.16. The highest BCUT2D eigenvalue weighted by molar-refractivity contribution is 5.68. The van der Waals surface area contributed by atoms with Gasteiger partial charge in [0.15, 0.2) is 0 Å². The van der Waals surface area contributed by atoms with Gasteiger partial charge in [-0.3, -0.25) is 4.90 Å². The Labute approximate surface area is 97.5 Å². The third-order valence-electron chi connectivity index (χ3n) is 3.63. The smallest absolute Gasteiger partial charge is 0.409 e. The molecule has 0 aromatic carbocycles. The standard InChI is InChI=1S/C12H22N2O2/c1-10(2)8-16-11(15)14-7-6-13(3)12(9-14)4-5-12/h10H,4-9H2,1-3H3. The lowest BCUT2D eigenvalue weighted by Gasteiger charge is -2.39. The van der Waals surface area contributed by atoms with Crippen molar-refractivity contribution in [1.82, 2.24) is 9.80 Å². The van der Waals surface area contributed by atoms with E-state index in [-0.39, 0.29) is 11.6 Å². The number of nitrogens with zero attached hydrogens (tertiary/aromatic N) is 2. The van der Waals surface area contributed by atoms with E-state index in [0.29, 0.717) is 12.5 Å². The SMILES string of the molecule is CC(C)COC(=O)N1CCN(C)C2(CC2)C1. The van der Waals surface area contributed by atoms with E-state index in [4.69, 9.17) is 4.74 Å². The lowest BCUT2D eigenvalue weighted by Crippen LogP contribution is -2.55.